The van der Waals surface area contributed by atoms with Crippen molar-refractivity contribution in [2.75, 3.05) is 0 Å². The molecule has 23 heavy (non-hydrogen) atoms. The first kappa shape index (κ1) is 24.9. The molecule has 0 aromatic heterocycles. The van der Waals surface area contributed by atoms with Crippen molar-refractivity contribution < 1.29 is 49.0 Å². The summed E-state index contributed by atoms with van der Waals surface area (Å²) in [6.07, 6.45) is 16.7. The molecular weight excluding hydrogens is 303 g/mol. The van der Waals surface area contributed by atoms with Gasteiger partial charge in [-0.1, -0.05) is 64.7 Å². The molecule has 0 aliphatic carbocycles. The first-order chi connectivity index (χ1) is 10.7. The summed E-state index contributed by atoms with van der Waals surface area (Å²) in [6, 6.07) is 0. The van der Waals surface area contributed by atoms with E-state index in [1.165, 1.54) is 64.0 Å². The molecule has 0 unspecified atom stereocenters. The Kier molecular flexibility index (Phi) is 21.4. The third-order valence-corrected chi connectivity index (χ3v) is 3.55. The summed E-state index contributed by atoms with van der Waals surface area (Å²) < 4.78 is 4.77. The average Bonchev–Trinajstić information content (AvgIpc) is 2.49. The van der Waals surface area contributed by atoms with Crippen LogP contribution in [0.4, 0.5) is 0 Å². The van der Waals surface area contributed by atoms with E-state index in [0.29, 0.717) is 0 Å². The molecule has 0 radical (unpaired) electrons. The van der Waals surface area contributed by atoms with Crippen LogP contribution >= 0.6 is 0 Å². The van der Waals surface area contributed by atoms with Crippen molar-refractivity contribution in [3.63, 3.8) is 0 Å². The number of hydrogen-bond acceptors (Lipinski definition) is 4. The molecule has 0 rings (SSSR count). The van der Waals surface area contributed by atoms with Gasteiger partial charge in [0.2, 0.25) is 0 Å². The zero-order valence-corrected chi connectivity index (χ0v) is 17.0. The van der Waals surface area contributed by atoms with Gasteiger partial charge < -0.3 is 14.6 Å². The molecule has 0 atom stereocenters. The second-order valence-corrected chi connectivity index (χ2v) is 5.70. The molecule has 0 aliphatic heterocycles. The number of carboxylic acids is 1. The quantitative estimate of drug-likeness (QED) is 0.193. The fourth-order valence-electron chi connectivity index (χ4n) is 2.20. The normalized spacial score (nSPS) is 10.5. The fourth-order valence-corrected chi connectivity index (χ4v) is 2.20. The van der Waals surface area contributed by atoms with Crippen molar-refractivity contribution >= 4 is 11.9 Å². The first-order valence-corrected chi connectivity index (χ1v) is 8.71. The molecule has 0 aromatic rings. The second-order valence-electron chi connectivity index (χ2n) is 5.70. The molecule has 0 aliphatic rings. The molecule has 4 nitrogen and oxygen atoms in total. The van der Waals surface area contributed by atoms with Crippen LogP contribution in [0.5, 0.6) is 0 Å². The van der Waals surface area contributed by atoms with E-state index in [4.69, 9.17) is 4.74 Å². The molecule has 128 valence electrons. The maximum absolute atomic E-state index is 11.1. The number of aliphatic carboxylic acids is 1. The van der Waals surface area contributed by atoms with Gasteiger partial charge in [0.1, 0.15) is 0 Å². The van der Waals surface area contributed by atoms with Gasteiger partial charge in [-0.15, -0.1) is 0 Å². The standard InChI is InChI=1S/C18H32O4.Na/c1-2-3-4-5-6-7-8-9-10-11-12-13-16-22-18(21)15-14-17(19)20;/h13,16H,2-12,14-15H2,1H3,(H,19,20);/q;+1/p-1. The van der Waals surface area contributed by atoms with Gasteiger partial charge in [-0.25, -0.2) is 0 Å². The minimum atomic E-state index is -1.23. The van der Waals surface area contributed by atoms with Gasteiger partial charge in [0, 0.05) is 5.97 Å². The largest absolute Gasteiger partial charge is 1.00 e. The molecule has 0 heterocycles. The molecule has 0 amide bonds. The molecule has 0 saturated heterocycles. The van der Waals surface area contributed by atoms with Crippen LogP contribution in [0.2, 0.25) is 0 Å². The van der Waals surface area contributed by atoms with Crippen LogP contribution in [-0.2, 0) is 14.3 Å². The van der Waals surface area contributed by atoms with Gasteiger partial charge in [-0.2, -0.15) is 0 Å². The van der Waals surface area contributed by atoms with Crippen molar-refractivity contribution in [3.8, 4) is 0 Å². The second kappa shape index (κ2) is 19.7. The third kappa shape index (κ3) is 21.7. The number of allylic oxidation sites excluding steroid dienone is 1. The summed E-state index contributed by atoms with van der Waals surface area (Å²) in [6.45, 7) is 2.24. The van der Waals surface area contributed by atoms with Gasteiger partial charge in [-0.3, -0.25) is 4.79 Å². The maximum atomic E-state index is 11.1. The van der Waals surface area contributed by atoms with E-state index in [0.717, 1.165) is 12.8 Å². The Morgan fingerprint density at radius 3 is 1.91 bits per heavy atom. The number of unbranched alkanes of at least 4 members (excludes halogenated alkanes) is 10. The predicted molar refractivity (Wildman–Crippen MR) is 85.9 cm³/mol. The van der Waals surface area contributed by atoms with Crippen LogP contribution < -0.4 is 34.7 Å². The fraction of sp³-hybridized carbons (Fsp3) is 0.778. The van der Waals surface area contributed by atoms with Crippen molar-refractivity contribution in [1.82, 2.24) is 0 Å². The Labute approximate surface area is 163 Å². The van der Waals surface area contributed by atoms with Crippen LogP contribution in [0.25, 0.3) is 0 Å². The van der Waals surface area contributed by atoms with Crippen LogP contribution in [0.15, 0.2) is 12.3 Å². The molecular formula is C18H31NaO4. The maximum Gasteiger partial charge on any atom is 1.00 e. The van der Waals surface area contributed by atoms with Gasteiger partial charge in [-0.05, 0) is 25.3 Å². The van der Waals surface area contributed by atoms with Gasteiger partial charge >= 0.3 is 35.5 Å². The van der Waals surface area contributed by atoms with Crippen molar-refractivity contribution in [1.29, 1.82) is 0 Å². The molecule has 0 fully saturated rings. The van der Waals surface area contributed by atoms with Crippen LogP contribution in [0, 0.1) is 0 Å². The summed E-state index contributed by atoms with van der Waals surface area (Å²) in [7, 11) is 0. The van der Waals surface area contributed by atoms with E-state index >= 15 is 0 Å². The van der Waals surface area contributed by atoms with E-state index in [1.54, 1.807) is 0 Å². The van der Waals surface area contributed by atoms with E-state index in [2.05, 4.69) is 6.92 Å². The van der Waals surface area contributed by atoms with Gasteiger partial charge in [0.05, 0.1) is 12.7 Å². The Bertz CT molecular complexity index is 316. The summed E-state index contributed by atoms with van der Waals surface area (Å²) in [5.74, 6) is -1.75. The number of carbonyl (C=O) groups excluding carboxylic acids is 2. The number of ether oxygens (including phenoxy) is 1. The topological polar surface area (TPSA) is 66.4 Å². The summed E-state index contributed by atoms with van der Waals surface area (Å²) in [5.41, 5.74) is 0. The molecule has 0 bridgehead atoms. The summed E-state index contributed by atoms with van der Waals surface area (Å²) in [5, 5.41) is 10.2. The zero-order valence-electron chi connectivity index (χ0n) is 15.0. The summed E-state index contributed by atoms with van der Waals surface area (Å²) >= 11 is 0. The Hall–Kier alpha value is -0.320. The SMILES string of the molecule is CCCCCCCCCCCCC=COC(=O)CCC(=O)[O-].[Na+]. The van der Waals surface area contributed by atoms with Gasteiger partial charge in [0.15, 0.2) is 0 Å². The number of carbonyl (C=O) groups is 2. The zero-order chi connectivity index (χ0) is 16.5. The van der Waals surface area contributed by atoms with Crippen molar-refractivity contribution in [2.45, 2.75) is 90.4 Å². The summed E-state index contributed by atoms with van der Waals surface area (Å²) in [4.78, 5) is 21.2. The Balaban J connectivity index is 0. The minimum Gasteiger partial charge on any atom is -0.550 e. The molecule has 0 saturated carbocycles. The number of hydrogen-bond donors (Lipinski definition) is 0. The molecule has 0 aromatic carbocycles. The number of esters is 1. The molecule has 0 N–H and O–H groups in total. The molecule has 5 heteroatoms. The smallest absolute Gasteiger partial charge is 0.550 e. The molecule has 0 spiro atoms. The Morgan fingerprint density at radius 1 is 0.870 bits per heavy atom. The van der Waals surface area contributed by atoms with E-state index in [9.17, 15) is 14.7 Å². The van der Waals surface area contributed by atoms with E-state index < -0.39 is 11.9 Å². The van der Waals surface area contributed by atoms with Crippen LogP contribution in [0.1, 0.15) is 90.4 Å². The first-order valence-electron chi connectivity index (χ1n) is 8.71. The minimum absolute atomic E-state index is 0. The van der Waals surface area contributed by atoms with Crippen LogP contribution in [0.3, 0.4) is 0 Å². The number of carboxylic acid groups (broad SMARTS) is 1. The number of rotatable bonds is 15. The Morgan fingerprint density at radius 2 is 1.39 bits per heavy atom. The monoisotopic (exact) mass is 334 g/mol. The average molecular weight is 334 g/mol. The third-order valence-electron chi connectivity index (χ3n) is 3.55. The van der Waals surface area contributed by atoms with Gasteiger partial charge in [0.25, 0.3) is 0 Å². The van der Waals surface area contributed by atoms with Crippen molar-refractivity contribution in [3.05, 3.63) is 12.3 Å². The van der Waals surface area contributed by atoms with E-state index in [-0.39, 0.29) is 42.4 Å². The van der Waals surface area contributed by atoms with E-state index in [1.807, 2.05) is 6.08 Å². The van der Waals surface area contributed by atoms with Crippen molar-refractivity contribution in [2.24, 2.45) is 0 Å². The predicted octanol–water partition coefficient (Wildman–Crippen LogP) is 0.888. The van der Waals surface area contributed by atoms with Crippen LogP contribution in [-0.4, -0.2) is 11.9 Å².